The lowest BCUT2D eigenvalue weighted by molar-refractivity contribution is 0.256. The van der Waals surface area contributed by atoms with Crippen molar-refractivity contribution in [1.29, 1.82) is 0 Å². The number of aliphatic hydroxyl groups excluding tert-OH is 1. The fraction of sp³-hybridized carbons (Fsp3) is 0.478. The molecule has 5 heteroatoms. The molecule has 1 atom stereocenters. The molecule has 0 aliphatic heterocycles. The van der Waals surface area contributed by atoms with Gasteiger partial charge in [-0.15, -0.1) is 0 Å². The van der Waals surface area contributed by atoms with Gasteiger partial charge in [-0.25, -0.2) is 9.97 Å². The Bertz CT molecular complexity index is 978. The molecule has 1 N–H and O–H groups in total. The van der Waals surface area contributed by atoms with E-state index < -0.39 is 0 Å². The average molecular weight is 381 g/mol. The largest absolute Gasteiger partial charge is 0.394 e. The van der Waals surface area contributed by atoms with Gasteiger partial charge in [-0.05, 0) is 57.7 Å². The van der Waals surface area contributed by atoms with E-state index in [0.29, 0.717) is 0 Å². The Morgan fingerprint density at radius 2 is 1.71 bits per heavy atom. The highest BCUT2D eigenvalue weighted by molar-refractivity contribution is 5.99. The molecular formula is C23H32N4O. The maximum Gasteiger partial charge on any atom is 0.157 e. The van der Waals surface area contributed by atoms with E-state index in [-0.39, 0.29) is 12.6 Å². The average Bonchev–Trinajstić information content (AvgIpc) is 2.94. The Morgan fingerprint density at radius 3 is 2.25 bits per heavy atom. The van der Waals surface area contributed by atoms with Crippen LogP contribution in [-0.2, 0) is 7.05 Å². The third kappa shape index (κ3) is 3.39. The number of anilines is 1. The van der Waals surface area contributed by atoms with Gasteiger partial charge < -0.3 is 14.6 Å². The Kier molecular flexibility index (Phi) is 5.75. The highest BCUT2D eigenvalue weighted by Crippen LogP contribution is 2.37. The van der Waals surface area contributed by atoms with Crippen LogP contribution in [0.25, 0.3) is 22.2 Å². The van der Waals surface area contributed by atoms with Crippen LogP contribution < -0.4 is 4.90 Å². The summed E-state index contributed by atoms with van der Waals surface area (Å²) in [5.74, 6) is 1.66. The van der Waals surface area contributed by atoms with E-state index in [9.17, 15) is 5.11 Å². The van der Waals surface area contributed by atoms with Crippen molar-refractivity contribution in [3.05, 3.63) is 40.8 Å². The summed E-state index contributed by atoms with van der Waals surface area (Å²) in [7, 11) is 2.06. The molecule has 3 aromatic rings. The molecule has 1 aromatic carbocycles. The summed E-state index contributed by atoms with van der Waals surface area (Å²) in [5, 5.41) is 9.89. The highest BCUT2D eigenvalue weighted by Gasteiger charge is 2.24. The predicted molar refractivity (Wildman–Crippen MR) is 117 cm³/mol. The van der Waals surface area contributed by atoms with Crippen LogP contribution in [0, 0.1) is 27.7 Å². The number of rotatable bonds is 6. The zero-order chi connectivity index (χ0) is 20.6. The van der Waals surface area contributed by atoms with Crippen LogP contribution in [0.15, 0.2) is 18.3 Å². The molecule has 0 saturated carbocycles. The van der Waals surface area contributed by atoms with Crippen LogP contribution in [0.3, 0.4) is 0 Å². The van der Waals surface area contributed by atoms with Crippen molar-refractivity contribution in [2.75, 3.05) is 18.1 Å². The van der Waals surface area contributed by atoms with Crippen molar-refractivity contribution >= 4 is 16.9 Å². The first-order valence-electron chi connectivity index (χ1n) is 10.1. The SMILES string of the molecule is CCC(CO)N(CC)c1nc(C)nc2c(-c3c(C)cc(C)cc3C)cn(C)c12. The number of benzene rings is 1. The normalized spacial score (nSPS) is 12.6. The van der Waals surface area contributed by atoms with Crippen LogP contribution in [0.2, 0.25) is 0 Å². The summed E-state index contributed by atoms with van der Waals surface area (Å²) >= 11 is 0. The first-order valence-corrected chi connectivity index (χ1v) is 10.1. The molecule has 28 heavy (non-hydrogen) atoms. The van der Waals surface area contributed by atoms with Crippen LogP contribution in [0.5, 0.6) is 0 Å². The number of hydrogen-bond donors (Lipinski definition) is 1. The maximum absolute atomic E-state index is 9.89. The second-order valence-electron chi connectivity index (χ2n) is 7.75. The quantitative estimate of drug-likeness (QED) is 0.686. The Hall–Kier alpha value is -2.40. The molecule has 0 bridgehead atoms. The van der Waals surface area contributed by atoms with E-state index in [4.69, 9.17) is 9.97 Å². The zero-order valence-electron chi connectivity index (χ0n) is 18.2. The summed E-state index contributed by atoms with van der Waals surface area (Å²) in [6.45, 7) is 13.5. The molecule has 2 heterocycles. The summed E-state index contributed by atoms with van der Waals surface area (Å²) in [4.78, 5) is 11.8. The molecule has 150 valence electrons. The molecule has 5 nitrogen and oxygen atoms in total. The van der Waals surface area contributed by atoms with Crippen LogP contribution in [-0.4, -0.2) is 38.8 Å². The third-order valence-electron chi connectivity index (χ3n) is 5.59. The minimum Gasteiger partial charge on any atom is -0.394 e. The van der Waals surface area contributed by atoms with E-state index in [1.54, 1.807) is 0 Å². The summed E-state index contributed by atoms with van der Waals surface area (Å²) < 4.78 is 2.13. The van der Waals surface area contributed by atoms with E-state index in [1.807, 2.05) is 6.92 Å². The molecule has 0 amide bonds. The van der Waals surface area contributed by atoms with Crippen molar-refractivity contribution in [3.63, 3.8) is 0 Å². The van der Waals surface area contributed by atoms with Gasteiger partial charge >= 0.3 is 0 Å². The van der Waals surface area contributed by atoms with Crippen molar-refractivity contribution in [1.82, 2.24) is 14.5 Å². The number of nitrogens with zero attached hydrogens (tertiary/aromatic N) is 4. The topological polar surface area (TPSA) is 54.2 Å². The van der Waals surface area contributed by atoms with Crippen molar-refractivity contribution in [2.45, 2.75) is 54.0 Å². The van der Waals surface area contributed by atoms with Gasteiger partial charge in [-0.2, -0.15) is 0 Å². The van der Waals surface area contributed by atoms with Gasteiger partial charge in [0, 0.05) is 25.4 Å². The lowest BCUT2D eigenvalue weighted by atomic mass is 9.95. The second kappa shape index (κ2) is 7.92. The first-order chi connectivity index (χ1) is 13.3. The monoisotopic (exact) mass is 380 g/mol. The smallest absolute Gasteiger partial charge is 0.157 e. The first kappa shape index (κ1) is 20.3. The molecule has 0 aliphatic rings. The minimum absolute atomic E-state index is 0.0451. The van der Waals surface area contributed by atoms with Crippen molar-refractivity contribution in [2.24, 2.45) is 7.05 Å². The molecule has 3 rings (SSSR count). The highest BCUT2D eigenvalue weighted by atomic mass is 16.3. The summed E-state index contributed by atoms with van der Waals surface area (Å²) in [6, 6.07) is 4.50. The zero-order valence-corrected chi connectivity index (χ0v) is 18.2. The number of aliphatic hydroxyl groups is 1. The van der Waals surface area contributed by atoms with E-state index in [1.165, 1.54) is 22.3 Å². The van der Waals surface area contributed by atoms with Gasteiger partial charge in [0.25, 0.3) is 0 Å². The van der Waals surface area contributed by atoms with Crippen LogP contribution >= 0.6 is 0 Å². The summed E-state index contributed by atoms with van der Waals surface area (Å²) in [5.41, 5.74) is 8.19. The lowest BCUT2D eigenvalue weighted by Crippen LogP contribution is -2.38. The number of aryl methyl sites for hydroxylation is 5. The van der Waals surface area contributed by atoms with Gasteiger partial charge in [0.05, 0.1) is 12.6 Å². The van der Waals surface area contributed by atoms with Crippen molar-refractivity contribution < 1.29 is 5.11 Å². The Morgan fingerprint density at radius 1 is 1.07 bits per heavy atom. The van der Waals surface area contributed by atoms with Gasteiger partial charge in [0.2, 0.25) is 0 Å². The second-order valence-corrected chi connectivity index (χ2v) is 7.75. The van der Waals surface area contributed by atoms with Gasteiger partial charge in [-0.1, -0.05) is 24.6 Å². The minimum atomic E-state index is 0.0451. The fourth-order valence-corrected chi connectivity index (χ4v) is 4.40. The standard InChI is InChI=1S/C23H32N4O/c1-8-18(13-28)27(9-2)23-22-21(24-17(6)25-23)19(12-26(22)7)20-15(4)10-14(3)11-16(20)5/h10-12,18,28H,8-9,13H2,1-7H3. The molecule has 1 unspecified atom stereocenters. The molecule has 0 saturated heterocycles. The predicted octanol–water partition coefficient (Wildman–Crippen LogP) is 4.47. The lowest BCUT2D eigenvalue weighted by Gasteiger charge is -2.30. The molecule has 0 fully saturated rings. The number of fused-ring (bicyclic) bond motifs is 1. The Balaban J connectivity index is 2.33. The maximum atomic E-state index is 9.89. The molecule has 0 spiro atoms. The molecular weight excluding hydrogens is 348 g/mol. The van der Waals surface area contributed by atoms with Crippen molar-refractivity contribution in [3.8, 4) is 11.1 Å². The third-order valence-corrected chi connectivity index (χ3v) is 5.59. The molecule has 0 aliphatic carbocycles. The Labute approximate surface area is 168 Å². The van der Waals surface area contributed by atoms with Crippen LogP contribution in [0.4, 0.5) is 5.82 Å². The number of aromatic nitrogens is 3. The van der Waals surface area contributed by atoms with E-state index in [0.717, 1.165) is 41.2 Å². The number of likely N-dealkylation sites (N-methyl/N-ethyl adjacent to an activating group) is 1. The van der Waals surface area contributed by atoms with E-state index in [2.05, 4.69) is 69.5 Å². The van der Waals surface area contributed by atoms with Gasteiger partial charge in [0.1, 0.15) is 16.9 Å². The fourth-order valence-electron chi connectivity index (χ4n) is 4.40. The van der Waals surface area contributed by atoms with Gasteiger partial charge in [-0.3, -0.25) is 0 Å². The molecule has 2 aromatic heterocycles. The van der Waals surface area contributed by atoms with Crippen LogP contribution in [0.1, 0.15) is 42.8 Å². The van der Waals surface area contributed by atoms with E-state index >= 15 is 0 Å². The number of hydrogen-bond acceptors (Lipinski definition) is 4. The van der Waals surface area contributed by atoms with Gasteiger partial charge in [0.15, 0.2) is 5.82 Å². The summed E-state index contributed by atoms with van der Waals surface area (Å²) in [6.07, 6.45) is 3.03. The molecule has 0 radical (unpaired) electrons.